The first-order chi connectivity index (χ1) is 13.5. The number of anilines is 3. The van der Waals surface area contributed by atoms with E-state index in [9.17, 15) is 14.0 Å². The molecule has 0 saturated heterocycles. The molecule has 0 aliphatic heterocycles. The Bertz CT molecular complexity index is 1030. The third kappa shape index (κ3) is 4.63. The maximum Gasteiger partial charge on any atom is 0.337 e. The molecule has 0 aliphatic rings. The van der Waals surface area contributed by atoms with E-state index < -0.39 is 17.7 Å². The van der Waals surface area contributed by atoms with E-state index >= 15 is 0 Å². The molecule has 2 N–H and O–H groups in total. The van der Waals surface area contributed by atoms with Crippen LogP contribution in [0, 0.1) is 5.82 Å². The quantitative estimate of drug-likeness (QED) is 0.610. The molecule has 0 atom stereocenters. The summed E-state index contributed by atoms with van der Waals surface area (Å²) < 4.78 is 17.9. The van der Waals surface area contributed by atoms with E-state index in [4.69, 9.17) is 11.6 Å². The van der Waals surface area contributed by atoms with Crippen LogP contribution in [0.2, 0.25) is 5.02 Å². The van der Waals surface area contributed by atoms with Gasteiger partial charge in [0.25, 0.3) is 5.91 Å². The molecule has 0 spiro atoms. The summed E-state index contributed by atoms with van der Waals surface area (Å²) in [5.41, 5.74) is 1.44. The van der Waals surface area contributed by atoms with Gasteiger partial charge >= 0.3 is 5.97 Å². The number of rotatable bonds is 5. The number of aromatic nitrogens is 1. The standard InChI is InChI=1S/C20H15ClFN3O3/c1-28-20(27)12-5-7-16(21)17(9-12)25-18-8-6-13(11-23-18)19(26)24-15-4-2-3-14(22)10-15/h2-11H,1H3,(H,23,25)(H,24,26). The predicted octanol–water partition coefficient (Wildman–Crippen LogP) is 4.66. The number of nitrogens with one attached hydrogen (secondary N) is 2. The monoisotopic (exact) mass is 399 g/mol. The fourth-order valence-corrected chi connectivity index (χ4v) is 2.54. The minimum Gasteiger partial charge on any atom is -0.465 e. The van der Waals surface area contributed by atoms with Crippen LogP contribution in [0.1, 0.15) is 20.7 Å². The number of carbonyl (C=O) groups excluding carboxylic acids is 2. The van der Waals surface area contributed by atoms with Gasteiger partial charge in [0.1, 0.15) is 11.6 Å². The van der Waals surface area contributed by atoms with Gasteiger partial charge in [-0.3, -0.25) is 4.79 Å². The van der Waals surface area contributed by atoms with Gasteiger partial charge in [0.15, 0.2) is 0 Å². The lowest BCUT2D eigenvalue weighted by molar-refractivity contribution is 0.0600. The van der Waals surface area contributed by atoms with E-state index in [2.05, 4.69) is 20.4 Å². The van der Waals surface area contributed by atoms with Crippen molar-refractivity contribution in [3.8, 4) is 0 Å². The summed E-state index contributed by atoms with van der Waals surface area (Å²) in [5.74, 6) is -0.930. The first-order valence-electron chi connectivity index (χ1n) is 8.14. The third-order valence-electron chi connectivity index (χ3n) is 3.76. The molecule has 0 saturated carbocycles. The number of pyridine rings is 1. The first-order valence-corrected chi connectivity index (χ1v) is 8.52. The lowest BCUT2D eigenvalue weighted by atomic mass is 10.2. The van der Waals surface area contributed by atoms with Gasteiger partial charge in [0, 0.05) is 11.9 Å². The van der Waals surface area contributed by atoms with Crippen LogP contribution in [0.4, 0.5) is 21.6 Å². The van der Waals surface area contributed by atoms with Crippen molar-refractivity contribution in [3.05, 3.63) is 82.8 Å². The summed E-state index contributed by atoms with van der Waals surface area (Å²) in [5, 5.41) is 5.97. The summed E-state index contributed by atoms with van der Waals surface area (Å²) in [7, 11) is 1.29. The van der Waals surface area contributed by atoms with Crippen LogP contribution in [0.15, 0.2) is 60.8 Å². The van der Waals surface area contributed by atoms with Gasteiger partial charge in [0.05, 0.1) is 28.9 Å². The largest absolute Gasteiger partial charge is 0.465 e. The van der Waals surface area contributed by atoms with Crippen molar-refractivity contribution in [2.24, 2.45) is 0 Å². The van der Waals surface area contributed by atoms with Gasteiger partial charge in [-0.2, -0.15) is 0 Å². The zero-order valence-electron chi connectivity index (χ0n) is 14.7. The second-order valence-corrected chi connectivity index (χ2v) is 6.11. The molecule has 1 aromatic heterocycles. The number of halogens is 2. The van der Waals surface area contributed by atoms with E-state index in [-0.39, 0.29) is 0 Å². The van der Waals surface area contributed by atoms with Gasteiger partial charge in [-0.05, 0) is 48.5 Å². The summed E-state index contributed by atoms with van der Waals surface area (Å²) in [6.07, 6.45) is 1.37. The molecule has 3 rings (SSSR count). The summed E-state index contributed by atoms with van der Waals surface area (Å²) >= 11 is 6.14. The number of hydrogen-bond donors (Lipinski definition) is 2. The number of nitrogens with zero attached hydrogens (tertiary/aromatic N) is 1. The smallest absolute Gasteiger partial charge is 0.337 e. The van der Waals surface area contributed by atoms with Gasteiger partial charge in [-0.25, -0.2) is 14.2 Å². The molecule has 2 aromatic carbocycles. The molecular formula is C20H15ClFN3O3. The molecule has 0 radical (unpaired) electrons. The molecule has 142 valence electrons. The van der Waals surface area contributed by atoms with Crippen molar-refractivity contribution in [2.75, 3.05) is 17.7 Å². The Kier molecular flexibility index (Phi) is 5.86. The first kappa shape index (κ1) is 19.3. The maximum atomic E-state index is 13.2. The van der Waals surface area contributed by atoms with Crippen LogP contribution in [-0.4, -0.2) is 24.0 Å². The Balaban J connectivity index is 1.72. The van der Waals surface area contributed by atoms with E-state index in [0.717, 1.165) is 0 Å². The number of amides is 1. The molecule has 0 fully saturated rings. The van der Waals surface area contributed by atoms with Crippen LogP contribution in [0.5, 0.6) is 0 Å². The van der Waals surface area contributed by atoms with Gasteiger partial charge in [-0.1, -0.05) is 17.7 Å². The molecular weight excluding hydrogens is 385 g/mol. The average molecular weight is 400 g/mol. The third-order valence-corrected chi connectivity index (χ3v) is 4.09. The van der Waals surface area contributed by atoms with Crippen LogP contribution in [0.3, 0.4) is 0 Å². The second kappa shape index (κ2) is 8.49. The Morgan fingerprint density at radius 2 is 1.86 bits per heavy atom. The number of esters is 1. The van der Waals surface area contributed by atoms with Gasteiger partial charge in [0.2, 0.25) is 0 Å². The summed E-state index contributed by atoms with van der Waals surface area (Å²) in [6, 6.07) is 13.4. The van der Waals surface area contributed by atoms with Crippen molar-refractivity contribution in [1.29, 1.82) is 0 Å². The predicted molar refractivity (Wildman–Crippen MR) is 105 cm³/mol. The van der Waals surface area contributed by atoms with Crippen molar-refractivity contribution in [2.45, 2.75) is 0 Å². The second-order valence-electron chi connectivity index (χ2n) is 5.71. The van der Waals surface area contributed by atoms with E-state index in [0.29, 0.717) is 33.3 Å². The average Bonchev–Trinajstić information content (AvgIpc) is 2.69. The maximum absolute atomic E-state index is 13.2. The van der Waals surface area contributed by atoms with Crippen molar-refractivity contribution < 1.29 is 18.7 Å². The van der Waals surface area contributed by atoms with E-state index in [1.165, 1.54) is 31.5 Å². The number of methoxy groups -OCH3 is 1. The Labute approximate surface area is 165 Å². The molecule has 0 aliphatic carbocycles. The molecule has 8 heteroatoms. The molecule has 0 unspecified atom stereocenters. The summed E-state index contributed by atoms with van der Waals surface area (Å²) in [4.78, 5) is 28.0. The van der Waals surface area contributed by atoms with Crippen molar-refractivity contribution >= 4 is 40.7 Å². The fourth-order valence-electron chi connectivity index (χ4n) is 2.38. The Morgan fingerprint density at radius 1 is 1.07 bits per heavy atom. The highest BCUT2D eigenvalue weighted by molar-refractivity contribution is 6.33. The number of ether oxygens (including phenoxy) is 1. The van der Waals surface area contributed by atoms with Crippen LogP contribution in [0.25, 0.3) is 0 Å². The number of carbonyl (C=O) groups is 2. The number of benzene rings is 2. The molecule has 28 heavy (non-hydrogen) atoms. The van der Waals surface area contributed by atoms with E-state index in [1.54, 1.807) is 36.4 Å². The van der Waals surface area contributed by atoms with Crippen LogP contribution < -0.4 is 10.6 Å². The Hall–Kier alpha value is -3.45. The number of hydrogen-bond acceptors (Lipinski definition) is 5. The SMILES string of the molecule is COC(=O)c1ccc(Cl)c(Nc2ccc(C(=O)Nc3cccc(F)c3)cn2)c1. The molecule has 6 nitrogen and oxygen atoms in total. The lowest BCUT2D eigenvalue weighted by Crippen LogP contribution is -2.12. The molecule has 0 bridgehead atoms. The van der Waals surface area contributed by atoms with Crippen LogP contribution in [-0.2, 0) is 4.74 Å². The van der Waals surface area contributed by atoms with Crippen molar-refractivity contribution in [1.82, 2.24) is 4.98 Å². The fraction of sp³-hybridized carbons (Fsp3) is 0.0500. The van der Waals surface area contributed by atoms with Gasteiger partial charge in [-0.15, -0.1) is 0 Å². The van der Waals surface area contributed by atoms with Crippen LogP contribution >= 0.6 is 11.6 Å². The molecule has 3 aromatic rings. The highest BCUT2D eigenvalue weighted by atomic mass is 35.5. The minimum absolute atomic E-state index is 0.296. The topological polar surface area (TPSA) is 80.3 Å². The minimum atomic E-state index is -0.489. The summed E-state index contributed by atoms with van der Waals surface area (Å²) in [6.45, 7) is 0. The van der Waals surface area contributed by atoms with Gasteiger partial charge < -0.3 is 15.4 Å². The lowest BCUT2D eigenvalue weighted by Gasteiger charge is -2.10. The zero-order chi connectivity index (χ0) is 20.1. The Morgan fingerprint density at radius 3 is 2.54 bits per heavy atom. The molecule has 1 amide bonds. The zero-order valence-corrected chi connectivity index (χ0v) is 15.5. The van der Waals surface area contributed by atoms with Crippen molar-refractivity contribution in [3.63, 3.8) is 0 Å². The van der Waals surface area contributed by atoms with E-state index in [1.807, 2.05) is 0 Å². The molecule has 1 heterocycles. The highest BCUT2D eigenvalue weighted by Crippen LogP contribution is 2.26. The normalized spacial score (nSPS) is 10.2. The highest BCUT2D eigenvalue weighted by Gasteiger charge is 2.11.